The van der Waals surface area contributed by atoms with Crippen molar-refractivity contribution in [3.8, 4) is 11.5 Å². The first-order valence-electron chi connectivity index (χ1n) is 6.42. The minimum atomic E-state index is -0.881. The first-order chi connectivity index (χ1) is 9.99. The molecule has 0 aliphatic heterocycles. The van der Waals surface area contributed by atoms with Gasteiger partial charge in [0.25, 0.3) is 0 Å². The summed E-state index contributed by atoms with van der Waals surface area (Å²) in [5, 5.41) is 9.52. The average Bonchev–Trinajstić information content (AvgIpc) is 2.40. The highest BCUT2D eigenvalue weighted by molar-refractivity contribution is 6.32. The van der Waals surface area contributed by atoms with E-state index in [-0.39, 0.29) is 6.42 Å². The van der Waals surface area contributed by atoms with Crippen LogP contribution in [-0.2, 0) is 11.2 Å². The Balaban J connectivity index is 2.43. The monoisotopic (exact) mass is 305 g/mol. The summed E-state index contributed by atoms with van der Waals surface area (Å²) >= 11 is 6.10. The fourth-order valence-corrected chi connectivity index (χ4v) is 2.28. The number of aliphatic carboxylic acids is 1. The lowest BCUT2D eigenvalue weighted by Crippen LogP contribution is -2.14. The van der Waals surface area contributed by atoms with Crippen molar-refractivity contribution in [3.63, 3.8) is 0 Å². The van der Waals surface area contributed by atoms with Gasteiger partial charge in [0.15, 0.2) is 5.75 Å². The third-order valence-corrected chi connectivity index (χ3v) is 3.24. The van der Waals surface area contributed by atoms with Crippen molar-refractivity contribution < 1.29 is 14.6 Å². The van der Waals surface area contributed by atoms with E-state index in [1.165, 1.54) is 0 Å². The summed E-state index contributed by atoms with van der Waals surface area (Å²) in [6.45, 7) is 0. The van der Waals surface area contributed by atoms with Gasteiger partial charge in [-0.1, -0.05) is 35.9 Å². The number of ether oxygens (including phenoxy) is 1. The van der Waals surface area contributed by atoms with E-state index < -0.39 is 5.97 Å². The molecule has 4 nitrogen and oxygen atoms in total. The second-order valence-electron chi connectivity index (χ2n) is 4.76. The highest BCUT2D eigenvalue weighted by Crippen LogP contribution is 2.37. The van der Waals surface area contributed by atoms with E-state index in [9.17, 15) is 4.79 Å². The second kappa shape index (κ2) is 6.50. The van der Waals surface area contributed by atoms with E-state index in [4.69, 9.17) is 21.4 Å². The van der Waals surface area contributed by atoms with Gasteiger partial charge in [0, 0.05) is 14.1 Å². The number of carboxylic acids is 1. The molecule has 0 saturated carbocycles. The Kier molecular flexibility index (Phi) is 4.70. The van der Waals surface area contributed by atoms with Crippen molar-refractivity contribution in [2.45, 2.75) is 6.42 Å². The summed E-state index contributed by atoms with van der Waals surface area (Å²) in [4.78, 5) is 12.8. The maximum Gasteiger partial charge on any atom is 0.307 e. The molecule has 0 aromatic heterocycles. The molecule has 0 spiro atoms. The van der Waals surface area contributed by atoms with Crippen LogP contribution in [-0.4, -0.2) is 25.2 Å². The summed E-state index contributed by atoms with van der Waals surface area (Å²) < 4.78 is 5.86. The molecule has 0 heterocycles. The molecule has 2 rings (SSSR count). The van der Waals surface area contributed by atoms with E-state index in [1.807, 2.05) is 31.1 Å². The Morgan fingerprint density at radius 2 is 1.81 bits per heavy atom. The zero-order chi connectivity index (χ0) is 15.4. The van der Waals surface area contributed by atoms with Crippen molar-refractivity contribution >= 4 is 23.3 Å². The van der Waals surface area contributed by atoms with E-state index in [0.29, 0.717) is 22.1 Å². The van der Waals surface area contributed by atoms with E-state index >= 15 is 0 Å². The SMILES string of the molecule is CN(C)c1c(CC(=O)O)cccc1Oc1ccccc1Cl. The molecule has 0 fully saturated rings. The number of carbonyl (C=O) groups is 1. The molecule has 0 radical (unpaired) electrons. The first kappa shape index (κ1) is 15.2. The number of halogens is 1. The Morgan fingerprint density at radius 1 is 1.14 bits per heavy atom. The quantitative estimate of drug-likeness (QED) is 0.912. The lowest BCUT2D eigenvalue weighted by molar-refractivity contribution is -0.136. The minimum Gasteiger partial charge on any atom is -0.481 e. The molecule has 0 saturated heterocycles. The topological polar surface area (TPSA) is 49.8 Å². The molecule has 2 aromatic carbocycles. The molecular formula is C16H16ClNO3. The van der Waals surface area contributed by atoms with Crippen molar-refractivity contribution in [1.82, 2.24) is 0 Å². The molecule has 0 bridgehead atoms. The lowest BCUT2D eigenvalue weighted by atomic mass is 10.1. The van der Waals surface area contributed by atoms with Crippen LogP contribution in [0, 0.1) is 0 Å². The largest absolute Gasteiger partial charge is 0.481 e. The van der Waals surface area contributed by atoms with Gasteiger partial charge in [0.2, 0.25) is 0 Å². The lowest BCUT2D eigenvalue weighted by Gasteiger charge is -2.21. The van der Waals surface area contributed by atoms with Crippen LogP contribution in [0.15, 0.2) is 42.5 Å². The molecule has 0 aliphatic carbocycles. The van der Waals surface area contributed by atoms with Crippen molar-refractivity contribution in [3.05, 3.63) is 53.1 Å². The Hall–Kier alpha value is -2.20. The normalized spacial score (nSPS) is 10.2. The van der Waals surface area contributed by atoms with Gasteiger partial charge in [-0.15, -0.1) is 0 Å². The number of nitrogens with zero attached hydrogens (tertiary/aromatic N) is 1. The molecule has 0 unspecified atom stereocenters. The average molecular weight is 306 g/mol. The maximum absolute atomic E-state index is 11.0. The van der Waals surface area contributed by atoms with Crippen LogP contribution in [0.5, 0.6) is 11.5 Å². The molecule has 1 N–H and O–H groups in total. The van der Waals surface area contributed by atoms with E-state index in [0.717, 1.165) is 5.69 Å². The van der Waals surface area contributed by atoms with Gasteiger partial charge in [0.05, 0.1) is 17.1 Å². The zero-order valence-electron chi connectivity index (χ0n) is 11.8. The Labute approximate surface area is 128 Å². The van der Waals surface area contributed by atoms with Gasteiger partial charge < -0.3 is 14.7 Å². The molecule has 5 heteroatoms. The van der Waals surface area contributed by atoms with Gasteiger partial charge >= 0.3 is 5.97 Å². The van der Waals surface area contributed by atoms with Crippen LogP contribution in [0.4, 0.5) is 5.69 Å². The summed E-state index contributed by atoms with van der Waals surface area (Å²) in [6.07, 6.45) is -0.0623. The van der Waals surface area contributed by atoms with Gasteiger partial charge in [-0.2, -0.15) is 0 Å². The Bertz CT molecular complexity index is 656. The summed E-state index contributed by atoms with van der Waals surface area (Å²) in [7, 11) is 3.69. The van der Waals surface area contributed by atoms with Crippen LogP contribution in [0.1, 0.15) is 5.56 Å². The van der Waals surface area contributed by atoms with Gasteiger partial charge in [0.1, 0.15) is 5.75 Å². The smallest absolute Gasteiger partial charge is 0.307 e. The number of benzene rings is 2. The van der Waals surface area contributed by atoms with Gasteiger partial charge in [-0.3, -0.25) is 4.79 Å². The van der Waals surface area contributed by atoms with Crippen molar-refractivity contribution in [2.75, 3.05) is 19.0 Å². The number of carboxylic acid groups (broad SMARTS) is 1. The number of hydrogen-bond donors (Lipinski definition) is 1. The predicted octanol–water partition coefficient (Wildman–Crippen LogP) is 3.83. The minimum absolute atomic E-state index is 0.0623. The van der Waals surface area contributed by atoms with Crippen LogP contribution < -0.4 is 9.64 Å². The Morgan fingerprint density at radius 3 is 2.43 bits per heavy atom. The predicted molar refractivity (Wildman–Crippen MR) is 83.6 cm³/mol. The fraction of sp³-hybridized carbons (Fsp3) is 0.188. The standard InChI is InChI=1S/C16H16ClNO3/c1-18(2)16-11(10-15(19)20)6-5-9-14(16)21-13-8-4-3-7-12(13)17/h3-9H,10H2,1-2H3,(H,19,20). The molecule has 0 atom stereocenters. The zero-order valence-corrected chi connectivity index (χ0v) is 12.6. The maximum atomic E-state index is 11.0. The summed E-state index contributed by atoms with van der Waals surface area (Å²) in [5.74, 6) is 0.231. The highest BCUT2D eigenvalue weighted by Gasteiger charge is 2.15. The van der Waals surface area contributed by atoms with Crippen LogP contribution in [0.2, 0.25) is 5.02 Å². The second-order valence-corrected chi connectivity index (χ2v) is 5.17. The van der Waals surface area contributed by atoms with Crippen LogP contribution in [0.3, 0.4) is 0 Å². The van der Waals surface area contributed by atoms with E-state index in [1.54, 1.807) is 30.3 Å². The third kappa shape index (κ3) is 3.67. The van der Waals surface area contributed by atoms with E-state index in [2.05, 4.69) is 0 Å². The number of anilines is 1. The van der Waals surface area contributed by atoms with Crippen LogP contribution in [0.25, 0.3) is 0 Å². The number of hydrogen-bond acceptors (Lipinski definition) is 3. The first-order valence-corrected chi connectivity index (χ1v) is 6.80. The molecule has 110 valence electrons. The number of rotatable bonds is 5. The molecular weight excluding hydrogens is 290 g/mol. The third-order valence-electron chi connectivity index (χ3n) is 2.93. The molecule has 0 amide bonds. The van der Waals surface area contributed by atoms with Gasteiger partial charge in [-0.25, -0.2) is 0 Å². The number of para-hydroxylation sites is 2. The van der Waals surface area contributed by atoms with Gasteiger partial charge in [-0.05, 0) is 23.8 Å². The van der Waals surface area contributed by atoms with Crippen LogP contribution >= 0.6 is 11.6 Å². The van der Waals surface area contributed by atoms with Crippen molar-refractivity contribution in [1.29, 1.82) is 0 Å². The molecule has 2 aromatic rings. The van der Waals surface area contributed by atoms with Crippen molar-refractivity contribution in [2.24, 2.45) is 0 Å². The summed E-state index contributed by atoms with van der Waals surface area (Å²) in [5.41, 5.74) is 1.43. The highest BCUT2D eigenvalue weighted by atomic mass is 35.5. The summed E-state index contributed by atoms with van der Waals surface area (Å²) in [6, 6.07) is 12.5. The fourth-order valence-electron chi connectivity index (χ4n) is 2.11. The molecule has 0 aliphatic rings. The molecule has 21 heavy (non-hydrogen) atoms.